The molecule has 0 unspecified atom stereocenters. The number of nitriles is 1. The number of benzene rings is 1. The summed E-state index contributed by atoms with van der Waals surface area (Å²) in [7, 11) is 0. The minimum absolute atomic E-state index is 0.0233. The monoisotopic (exact) mass is 528 g/mol. The summed E-state index contributed by atoms with van der Waals surface area (Å²) < 4.78 is 16.7. The number of nitrogens with one attached hydrogen (secondary N) is 2. The Morgan fingerprint density at radius 3 is 2.86 bits per heavy atom. The Bertz CT molecular complexity index is 1300. The fourth-order valence-corrected chi connectivity index (χ4v) is 5.04. The highest BCUT2D eigenvalue weighted by atomic mass is 35.5. The van der Waals surface area contributed by atoms with Gasteiger partial charge in [0.1, 0.15) is 11.3 Å². The van der Waals surface area contributed by atoms with Gasteiger partial charge in [0.2, 0.25) is 17.8 Å². The van der Waals surface area contributed by atoms with Crippen molar-refractivity contribution < 1.29 is 14.3 Å². The topological polar surface area (TPSA) is 155 Å². The van der Waals surface area contributed by atoms with E-state index >= 15 is 0 Å². The quantitative estimate of drug-likeness (QED) is 0.298. The molecular weight excluding hydrogens is 499 g/mol. The molecule has 0 aliphatic heterocycles. The number of aromatic nitrogens is 4. The first kappa shape index (κ1) is 26.6. The zero-order valence-electron chi connectivity index (χ0n) is 20.5. The Balaban J connectivity index is 1.77. The zero-order valence-corrected chi connectivity index (χ0v) is 21.3. The Kier molecular flexibility index (Phi) is 8.41. The van der Waals surface area contributed by atoms with E-state index in [2.05, 4.69) is 20.6 Å². The third-order valence-corrected chi connectivity index (χ3v) is 6.83. The normalized spacial score (nSPS) is 18.4. The standard InChI is InChI=1S/C25H30ClFN8O2/c1-2-4-16(7-8-21(29)37)35-23-20(13-30-24(34-23)31-15-5-3-6-17(36)11-15)32-25(35)33-22-18(26)9-14(12-28)10-19(22)27/h9-10,13,15-17,36H,2-8,11H2,1H3,(H2,29,37)(H,32,33)(H,30,31,34)/t15-,16+,17-/m0/s1. The molecule has 0 radical (unpaired) electrons. The van der Waals surface area contributed by atoms with E-state index in [4.69, 9.17) is 27.6 Å². The van der Waals surface area contributed by atoms with Gasteiger partial charge in [-0.15, -0.1) is 0 Å². The molecule has 0 saturated heterocycles. The van der Waals surface area contributed by atoms with E-state index in [0.717, 1.165) is 31.7 Å². The average molecular weight is 529 g/mol. The van der Waals surface area contributed by atoms with Crippen molar-refractivity contribution in [2.45, 2.75) is 76.5 Å². The SMILES string of the molecule is CCC[C@H](CCC(N)=O)n1c(Nc2c(F)cc(C#N)cc2Cl)nc2cnc(N[C@H]3CCC[C@H](O)C3)nc21. The summed E-state index contributed by atoms with van der Waals surface area (Å²) in [5, 5.41) is 25.5. The van der Waals surface area contributed by atoms with E-state index in [1.54, 1.807) is 6.20 Å². The number of amides is 1. The highest BCUT2D eigenvalue weighted by Gasteiger charge is 2.25. The summed E-state index contributed by atoms with van der Waals surface area (Å²) in [6.45, 7) is 2.02. The van der Waals surface area contributed by atoms with Crippen molar-refractivity contribution >= 4 is 46.3 Å². The lowest BCUT2D eigenvalue weighted by molar-refractivity contribution is -0.118. The first-order valence-electron chi connectivity index (χ1n) is 12.4. The molecule has 3 atom stereocenters. The first-order valence-corrected chi connectivity index (χ1v) is 12.8. The molecule has 37 heavy (non-hydrogen) atoms. The van der Waals surface area contributed by atoms with Crippen molar-refractivity contribution in [3.63, 3.8) is 0 Å². The van der Waals surface area contributed by atoms with Crippen molar-refractivity contribution in [1.29, 1.82) is 5.26 Å². The molecule has 1 saturated carbocycles. The molecule has 3 aromatic rings. The van der Waals surface area contributed by atoms with E-state index in [0.29, 0.717) is 36.4 Å². The first-order chi connectivity index (χ1) is 17.8. The van der Waals surface area contributed by atoms with Crippen LogP contribution in [0.1, 0.15) is 69.9 Å². The molecule has 12 heteroatoms. The molecule has 2 heterocycles. The largest absolute Gasteiger partial charge is 0.393 e. The van der Waals surface area contributed by atoms with Crippen molar-refractivity contribution in [3.05, 3.63) is 34.7 Å². The second kappa shape index (κ2) is 11.7. The molecule has 1 aromatic carbocycles. The molecule has 1 aliphatic rings. The molecule has 10 nitrogen and oxygen atoms in total. The van der Waals surface area contributed by atoms with Crippen LogP contribution in [0.5, 0.6) is 0 Å². The van der Waals surface area contributed by atoms with E-state index in [1.165, 1.54) is 6.07 Å². The van der Waals surface area contributed by atoms with Crippen LogP contribution >= 0.6 is 11.6 Å². The van der Waals surface area contributed by atoms with E-state index in [-0.39, 0.29) is 46.8 Å². The van der Waals surface area contributed by atoms with Crippen LogP contribution in [0, 0.1) is 17.1 Å². The van der Waals surface area contributed by atoms with Crippen molar-refractivity contribution in [2.75, 3.05) is 10.6 Å². The number of aliphatic hydroxyl groups excluding tert-OH is 1. The van der Waals surface area contributed by atoms with Crippen LogP contribution in [-0.2, 0) is 4.79 Å². The maximum Gasteiger partial charge on any atom is 0.224 e. The summed E-state index contributed by atoms with van der Waals surface area (Å²) in [6, 6.07) is 4.17. The molecule has 0 spiro atoms. The van der Waals surface area contributed by atoms with Crippen molar-refractivity contribution in [3.8, 4) is 6.07 Å². The summed E-state index contributed by atoms with van der Waals surface area (Å²) in [6.07, 6.45) is 6.54. The van der Waals surface area contributed by atoms with Crippen LogP contribution in [0.2, 0.25) is 5.02 Å². The van der Waals surface area contributed by atoms with Gasteiger partial charge in [0.05, 0.1) is 34.6 Å². The van der Waals surface area contributed by atoms with Crippen LogP contribution in [-0.4, -0.2) is 42.7 Å². The highest BCUT2D eigenvalue weighted by Crippen LogP contribution is 2.34. The van der Waals surface area contributed by atoms with Crippen molar-refractivity contribution in [1.82, 2.24) is 19.5 Å². The number of fused-ring (bicyclic) bond motifs is 1. The fourth-order valence-electron chi connectivity index (χ4n) is 4.79. The minimum atomic E-state index is -0.698. The van der Waals surface area contributed by atoms with Gasteiger partial charge in [-0.05, 0) is 50.7 Å². The van der Waals surface area contributed by atoms with Gasteiger partial charge in [0.25, 0.3) is 0 Å². The van der Waals surface area contributed by atoms with Gasteiger partial charge >= 0.3 is 0 Å². The summed E-state index contributed by atoms with van der Waals surface area (Å²) in [5.41, 5.74) is 6.50. The zero-order chi connectivity index (χ0) is 26.5. The molecule has 0 bridgehead atoms. The Morgan fingerprint density at radius 1 is 1.38 bits per heavy atom. The number of hydrogen-bond donors (Lipinski definition) is 4. The summed E-state index contributed by atoms with van der Waals surface area (Å²) >= 11 is 6.29. The van der Waals surface area contributed by atoms with Gasteiger partial charge in [-0.1, -0.05) is 24.9 Å². The summed E-state index contributed by atoms with van der Waals surface area (Å²) in [5.74, 6) is -0.444. The maximum absolute atomic E-state index is 14.9. The van der Waals surface area contributed by atoms with Crippen LogP contribution in [0.3, 0.4) is 0 Å². The van der Waals surface area contributed by atoms with E-state index in [1.807, 2.05) is 17.6 Å². The maximum atomic E-state index is 14.9. The van der Waals surface area contributed by atoms with Crippen molar-refractivity contribution in [2.24, 2.45) is 5.73 Å². The number of carbonyl (C=O) groups is 1. The number of imidazole rings is 1. The number of nitrogens with zero attached hydrogens (tertiary/aromatic N) is 5. The van der Waals surface area contributed by atoms with Crippen LogP contribution < -0.4 is 16.4 Å². The number of aliphatic hydroxyl groups is 1. The smallest absolute Gasteiger partial charge is 0.224 e. The van der Waals surface area contributed by atoms with Gasteiger partial charge in [-0.25, -0.2) is 14.4 Å². The Labute approximate surface area is 219 Å². The molecule has 196 valence electrons. The van der Waals surface area contributed by atoms with E-state index in [9.17, 15) is 14.3 Å². The van der Waals surface area contributed by atoms with Gasteiger partial charge in [-0.3, -0.25) is 9.36 Å². The summed E-state index contributed by atoms with van der Waals surface area (Å²) in [4.78, 5) is 25.4. The number of hydrogen-bond acceptors (Lipinski definition) is 8. The minimum Gasteiger partial charge on any atom is -0.393 e. The number of primary amides is 1. The van der Waals surface area contributed by atoms with Gasteiger partial charge in [0.15, 0.2) is 5.65 Å². The Hall–Kier alpha value is -3.49. The number of anilines is 3. The van der Waals surface area contributed by atoms with Crippen LogP contribution in [0.15, 0.2) is 18.3 Å². The third kappa shape index (κ3) is 6.26. The number of carbonyl (C=O) groups excluding carboxylic acids is 1. The van der Waals surface area contributed by atoms with Crippen LogP contribution in [0.4, 0.5) is 22.0 Å². The Morgan fingerprint density at radius 2 is 2.19 bits per heavy atom. The van der Waals surface area contributed by atoms with Crippen LogP contribution in [0.25, 0.3) is 11.2 Å². The predicted octanol–water partition coefficient (Wildman–Crippen LogP) is 4.56. The molecule has 2 aromatic heterocycles. The molecule has 1 amide bonds. The number of nitrogens with two attached hydrogens (primary N) is 1. The molecule has 1 aliphatic carbocycles. The lowest BCUT2D eigenvalue weighted by Gasteiger charge is -2.26. The second-order valence-corrected chi connectivity index (χ2v) is 9.78. The van der Waals surface area contributed by atoms with Gasteiger partial charge in [0, 0.05) is 18.5 Å². The fraction of sp³-hybridized carbons (Fsp3) is 0.480. The molecule has 5 N–H and O–H groups in total. The third-order valence-electron chi connectivity index (χ3n) is 6.53. The second-order valence-electron chi connectivity index (χ2n) is 9.37. The average Bonchev–Trinajstić information content (AvgIpc) is 3.21. The molecular formula is C25H30ClFN8O2. The number of rotatable bonds is 10. The van der Waals surface area contributed by atoms with Gasteiger partial charge < -0.3 is 21.5 Å². The van der Waals surface area contributed by atoms with Gasteiger partial charge in [-0.2, -0.15) is 10.2 Å². The number of halogens is 2. The lowest BCUT2D eigenvalue weighted by Crippen LogP contribution is -2.30. The predicted molar refractivity (Wildman–Crippen MR) is 139 cm³/mol. The lowest BCUT2D eigenvalue weighted by atomic mass is 9.93. The highest BCUT2D eigenvalue weighted by molar-refractivity contribution is 6.33. The molecule has 1 fully saturated rings. The molecule has 4 rings (SSSR count). The van der Waals surface area contributed by atoms with E-state index < -0.39 is 11.7 Å².